The first-order chi connectivity index (χ1) is 13.2. The third-order valence-electron chi connectivity index (χ3n) is 6.60. The fourth-order valence-corrected chi connectivity index (χ4v) is 4.78. The van der Waals surface area contributed by atoms with Crippen molar-refractivity contribution in [1.29, 1.82) is 0 Å². The minimum Gasteiger partial charge on any atom is -0.496 e. The number of methoxy groups -OCH3 is 1. The highest BCUT2D eigenvalue weighted by Crippen LogP contribution is 2.33. The summed E-state index contributed by atoms with van der Waals surface area (Å²) < 4.78 is 5.40. The van der Waals surface area contributed by atoms with Gasteiger partial charge in [0.25, 0.3) is 0 Å². The normalized spacial score (nSPS) is 25.1. The summed E-state index contributed by atoms with van der Waals surface area (Å²) in [6.45, 7) is 2.37. The molecule has 0 unspecified atom stereocenters. The summed E-state index contributed by atoms with van der Waals surface area (Å²) in [6.07, 6.45) is 6.64. The van der Waals surface area contributed by atoms with E-state index in [0.29, 0.717) is 24.7 Å². The van der Waals surface area contributed by atoms with Gasteiger partial charge < -0.3 is 14.5 Å². The summed E-state index contributed by atoms with van der Waals surface area (Å²) in [5, 5.41) is 0. The van der Waals surface area contributed by atoms with Gasteiger partial charge in [-0.25, -0.2) is 0 Å². The lowest BCUT2D eigenvalue weighted by molar-refractivity contribution is -0.140. The van der Waals surface area contributed by atoms with Crippen molar-refractivity contribution in [2.24, 2.45) is 11.8 Å². The molecular formula is C22H30N2O3. The number of carbonyl (C=O) groups is 2. The van der Waals surface area contributed by atoms with Gasteiger partial charge in [0.05, 0.1) is 7.11 Å². The Bertz CT molecular complexity index is 701. The number of fused-ring (bicyclic) bond motifs is 4. The Morgan fingerprint density at radius 3 is 2.63 bits per heavy atom. The minimum atomic E-state index is 0.193. The second-order valence-corrected chi connectivity index (χ2v) is 8.33. The molecule has 1 saturated carbocycles. The van der Waals surface area contributed by atoms with Gasteiger partial charge in [-0.3, -0.25) is 9.59 Å². The summed E-state index contributed by atoms with van der Waals surface area (Å²) in [7, 11) is 1.67. The largest absolute Gasteiger partial charge is 0.496 e. The number of rotatable bonds is 5. The minimum absolute atomic E-state index is 0.193. The number of benzene rings is 1. The van der Waals surface area contributed by atoms with E-state index in [1.807, 2.05) is 24.3 Å². The lowest BCUT2D eigenvalue weighted by Crippen LogP contribution is -2.48. The van der Waals surface area contributed by atoms with Crippen LogP contribution in [0.4, 0.5) is 0 Å². The number of hydrogen-bond acceptors (Lipinski definition) is 3. The maximum absolute atomic E-state index is 13.0. The summed E-state index contributed by atoms with van der Waals surface area (Å²) >= 11 is 0. The van der Waals surface area contributed by atoms with Crippen LogP contribution in [-0.2, 0) is 16.0 Å². The number of ether oxygens (including phenoxy) is 1. The molecule has 3 saturated heterocycles. The van der Waals surface area contributed by atoms with E-state index in [-0.39, 0.29) is 17.9 Å². The Labute approximate surface area is 161 Å². The Morgan fingerprint density at radius 2 is 1.89 bits per heavy atom. The van der Waals surface area contributed by atoms with Crippen molar-refractivity contribution in [3.63, 3.8) is 0 Å². The Balaban J connectivity index is 1.39. The van der Waals surface area contributed by atoms with Gasteiger partial charge in [0, 0.05) is 38.0 Å². The number of carbonyl (C=O) groups excluding carboxylic acids is 2. The van der Waals surface area contributed by atoms with Gasteiger partial charge in [-0.05, 0) is 49.7 Å². The van der Waals surface area contributed by atoms with Crippen LogP contribution in [0.3, 0.4) is 0 Å². The van der Waals surface area contributed by atoms with Gasteiger partial charge in [0.1, 0.15) is 5.75 Å². The first kappa shape index (κ1) is 18.3. The molecular weight excluding hydrogens is 340 g/mol. The van der Waals surface area contributed by atoms with Crippen molar-refractivity contribution in [1.82, 2.24) is 9.80 Å². The maximum atomic E-state index is 13.0. The highest BCUT2D eigenvalue weighted by molar-refractivity contribution is 5.80. The zero-order valence-electron chi connectivity index (χ0n) is 16.2. The quantitative estimate of drug-likeness (QED) is 0.801. The summed E-state index contributed by atoms with van der Waals surface area (Å²) in [5.74, 6) is 2.08. The molecule has 3 heterocycles. The van der Waals surface area contributed by atoms with Crippen molar-refractivity contribution in [2.45, 2.75) is 51.0 Å². The van der Waals surface area contributed by atoms with Gasteiger partial charge in [-0.1, -0.05) is 24.6 Å². The van der Waals surface area contributed by atoms with E-state index >= 15 is 0 Å². The van der Waals surface area contributed by atoms with E-state index in [4.69, 9.17) is 4.74 Å². The number of amides is 2. The van der Waals surface area contributed by atoms with Gasteiger partial charge in [-0.15, -0.1) is 0 Å². The molecule has 2 amide bonds. The molecule has 1 aromatic carbocycles. The van der Waals surface area contributed by atoms with E-state index in [0.717, 1.165) is 56.6 Å². The van der Waals surface area contributed by atoms with Crippen LogP contribution in [0.2, 0.25) is 0 Å². The molecule has 27 heavy (non-hydrogen) atoms. The monoisotopic (exact) mass is 370 g/mol. The molecule has 0 radical (unpaired) electrons. The number of piperidine rings is 1. The molecule has 4 aliphatic rings. The highest BCUT2D eigenvalue weighted by Gasteiger charge is 2.40. The van der Waals surface area contributed by atoms with E-state index in [9.17, 15) is 9.59 Å². The van der Waals surface area contributed by atoms with Gasteiger partial charge in [-0.2, -0.15) is 0 Å². The van der Waals surface area contributed by atoms with Crippen molar-refractivity contribution in [3.05, 3.63) is 29.8 Å². The van der Waals surface area contributed by atoms with Gasteiger partial charge in [0.2, 0.25) is 11.8 Å². The van der Waals surface area contributed by atoms with E-state index in [1.165, 1.54) is 6.42 Å². The van der Waals surface area contributed by atoms with E-state index < -0.39 is 0 Å². The summed E-state index contributed by atoms with van der Waals surface area (Å²) in [6, 6.07) is 8.10. The third-order valence-corrected chi connectivity index (χ3v) is 6.60. The molecule has 3 aliphatic heterocycles. The van der Waals surface area contributed by atoms with Crippen molar-refractivity contribution in [3.8, 4) is 5.75 Å². The molecule has 0 spiro atoms. The Morgan fingerprint density at radius 1 is 1.07 bits per heavy atom. The smallest absolute Gasteiger partial charge is 0.225 e. The summed E-state index contributed by atoms with van der Waals surface area (Å²) in [5.41, 5.74) is 1.08. The van der Waals surface area contributed by atoms with Crippen molar-refractivity contribution in [2.75, 3.05) is 26.7 Å². The fourth-order valence-electron chi connectivity index (χ4n) is 4.78. The van der Waals surface area contributed by atoms with Crippen LogP contribution in [0.5, 0.6) is 5.75 Å². The lowest BCUT2D eigenvalue weighted by Gasteiger charge is -2.36. The number of para-hydroxylation sites is 1. The molecule has 146 valence electrons. The molecule has 0 N–H and O–H groups in total. The number of hydrogen-bond donors (Lipinski definition) is 0. The maximum Gasteiger partial charge on any atom is 0.225 e. The number of nitrogens with zero attached hydrogens (tertiary/aromatic N) is 2. The van der Waals surface area contributed by atoms with Crippen LogP contribution in [0.15, 0.2) is 24.3 Å². The third kappa shape index (κ3) is 3.83. The zero-order chi connectivity index (χ0) is 18.8. The van der Waals surface area contributed by atoms with E-state index in [1.54, 1.807) is 7.11 Å². The predicted molar refractivity (Wildman–Crippen MR) is 103 cm³/mol. The fraction of sp³-hybridized carbons (Fsp3) is 0.636. The molecule has 4 fully saturated rings. The van der Waals surface area contributed by atoms with Crippen LogP contribution < -0.4 is 4.74 Å². The van der Waals surface area contributed by atoms with Crippen LogP contribution in [-0.4, -0.2) is 54.4 Å². The second kappa shape index (κ2) is 7.91. The molecule has 2 bridgehead atoms. The van der Waals surface area contributed by atoms with Crippen LogP contribution in [0, 0.1) is 11.8 Å². The highest BCUT2D eigenvalue weighted by atomic mass is 16.5. The zero-order valence-corrected chi connectivity index (χ0v) is 16.2. The molecule has 2 atom stereocenters. The molecule has 1 aliphatic carbocycles. The molecule has 5 rings (SSSR count). The van der Waals surface area contributed by atoms with E-state index in [2.05, 4.69) is 9.80 Å². The van der Waals surface area contributed by atoms with Crippen LogP contribution in [0.25, 0.3) is 0 Å². The van der Waals surface area contributed by atoms with Crippen LogP contribution in [0.1, 0.15) is 44.1 Å². The summed E-state index contributed by atoms with van der Waals surface area (Å²) in [4.78, 5) is 29.8. The first-order valence-corrected chi connectivity index (χ1v) is 10.4. The standard InChI is InChI=1S/C22H30N2O3/c1-27-20-8-3-2-5-17(20)10-12-21(25)24-14-16-9-11-19(24)15-23(13-16)22(26)18-6-4-7-18/h2-3,5,8,16,18-19H,4,6-7,9-15H2,1H3/t16-,19+/m0/s1. The average Bonchev–Trinajstić information content (AvgIpc) is 2.97. The van der Waals surface area contributed by atoms with Crippen molar-refractivity contribution < 1.29 is 14.3 Å². The molecule has 5 heteroatoms. The second-order valence-electron chi connectivity index (χ2n) is 8.33. The topological polar surface area (TPSA) is 49.9 Å². The Hall–Kier alpha value is -2.04. The number of aryl methyl sites for hydroxylation is 1. The van der Waals surface area contributed by atoms with Crippen molar-refractivity contribution >= 4 is 11.8 Å². The lowest BCUT2D eigenvalue weighted by atomic mass is 9.84. The van der Waals surface area contributed by atoms with Crippen LogP contribution >= 0.6 is 0 Å². The van der Waals surface area contributed by atoms with Gasteiger partial charge in [0.15, 0.2) is 0 Å². The molecule has 0 aromatic heterocycles. The predicted octanol–water partition coefficient (Wildman–Crippen LogP) is 2.88. The Kier molecular flexibility index (Phi) is 5.37. The average molecular weight is 370 g/mol. The molecule has 1 aromatic rings. The van der Waals surface area contributed by atoms with Gasteiger partial charge >= 0.3 is 0 Å². The molecule has 5 nitrogen and oxygen atoms in total. The first-order valence-electron chi connectivity index (χ1n) is 10.4. The SMILES string of the molecule is COc1ccccc1CCC(=O)N1C[C@H]2CC[C@@H]1CN(C(=O)C1CCC1)C2.